The second-order valence-corrected chi connectivity index (χ2v) is 5.47. The van der Waals surface area contributed by atoms with E-state index in [1.807, 2.05) is 11.8 Å². The SMILES string of the molecule is Cc1cc(O)ccc1C(=O)N(CCC(N)=S)C1CC1. The zero-order valence-corrected chi connectivity index (χ0v) is 11.7. The van der Waals surface area contributed by atoms with E-state index in [4.69, 9.17) is 18.0 Å². The summed E-state index contributed by atoms with van der Waals surface area (Å²) in [6, 6.07) is 5.13. The first kappa shape index (κ1) is 13.8. The van der Waals surface area contributed by atoms with Crippen LogP contribution in [0.5, 0.6) is 5.75 Å². The zero-order chi connectivity index (χ0) is 14.0. The summed E-state index contributed by atoms with van der Waals surface area (Å²) in [5.74, 6) is 0.173. The molecule has 1 aromatic rings. The van der Waals surface area contributed by atoms with E-state index in [-0.39, 0.29) is 11.7 Å². The lowest BCUT2D eigenvalue weighted by atomic mass is 10.1. The molecule has 1 aliphatic carbocycles. The van der Waals surface area contributed by atoms with Crippen molar-refractivity contribution >= 4 is 23.1 Å². The summed E-state index contributed by atoms with van der Waals surface area (Å²) in [6.07, 6.45) is 2.63. The number of aromatic hydroxyl groups is 1. The molecular formula is C14H18N2O2S. The molecule has 1 saturated carbocycles. The summed E-state index contributed by atoms with van der Waals surface area (Å²) >= 11 is 4.87. The molecule has 1 fully saturated rings. The molecule has 0 bridgehead atoms. The van der Waals surface area contributed by atoms with Crippen LogP contribution in [-0.4, -0.2) is 33.5 Å². The van der Waals surface area contributed by atoms with Gasteiger partial charge in [0.05, 0.1) is 4.99 Å². The Morgan fingerprint density at radius 1 is 1.53 bits per heavy atom. The maximum atomic E-state index is 12.5. The maximum Gasteiger partial charge on any atom is 0.254 e. The van der Waals surface area contributed by atoms with Gasteiger partial charge in [-0.1, -0.05) is 12.2 Å². The Kier molecular flexibility index (Phi) is 4.04. The second kappa shape index (κ2) is 5.57. The van der Waals surface area contributed by atoms with Crippen molar-refractivity contribution in [3.05, 3.63) is 29.3 Å². The number of phenols is 1. The quantitative estimate of drug-likeness (QED) is 0.808. The second-order valence-electron chi connectivity index (χ2n) is 4.95. The van der Waals surface area contributed by atoms with Crippen LogP contribution in [0.25, 0.3) is 0 Å². The minimum absolute atomic E-state index is 0.00347. The van der Waals surface area contributed by atoms with Crippen LogP contribution in [0, 0.1) is 6.92 Å². The van der Waals surface area contributed by atoms with Crippen molar-refractivity contribution in [1.82, 2.24) is 4.90 Å². The van der Waals surface area contributed by atoms with Crippen molar-refractivity contribution < 1.29 is 9.90 Å². The van der Waals surface area contributed by atoms with Gasteiger partial charge in [-0.05, 0) is 43.5 Å². The summed E-state index contributed by atoms with van der Waals surface area (Å²) in [5, 5.41) is 9.40. The summed E-state index contributed by atoms with van der Waals surface area (Å²) in [7, 11) is 0. The molecule has 0 atom stereocenters. The van der Waals surface area contributed by atoms with Crippen LogP contribution in [-0.2, 0) is 0 Å². The van der Waals surface area contributed by atoms with Gasteiger partial charge >= 0.3 is 0 Å². The number of benzene rings is 1. The van der Waals surface area contributed by atoms with Gasteiger partial charge in [-0.25, -0.2) is 0 Å². The molecule has 0 radical (unpaired) electrons. The van der Waals surface area contributed by atoms with E-state index in [9.17, 15) is 9.90 Å². The molecule has 102 valence electrons. The van der Waals surface area contributed by atoms with E-state index in [0.717, 1.165) is 18.4 Å². The number of nitrogens with two attached hydrogens (primary N) is 1. The van der Waals surface area contributed by atoms with Gasteiger partial charge in [-0.3, -0.25) is 4.79 Å². The van der Waals surface area contributed by atoms with Crippen molar-refractivity contribution in [3.63, 3.8) is 0 Å². The molecule has 1 amide bonds. The van der Waals surface area contributed by atoms with Gasteiger partial charge in [0, 0.05) is 24.6 Å². The number of carbonyl (C=O) groups excluding carboxylic acids is 1. The number of carbonyl (C=O) groups is 1. The van der Waals surface area contributed by atoms with Gasteiger partial charge in [0.15, 0.2) is 0 Å². The topological polar surface area (TPSA) is 66.6 Å². The highest BCUT2D eigenvalue weighted by atomic mass is 32.1. The van der Waals surface area contributed by atoms with Crippen molar-refractivity contribution in [2.45, 2.75) is 32.2 Å². The van der Waals surface area contributed by atoms with E-state index in [0.29, 0.717) is 29.6 Å². The molecule has 1 aliphatic rings. The first-order chi connectivity index (χ1) is 8.99. The molecule has 0 unspecified atom stereocenters. The van der Waals surface area contributed by atoms with Crippen molar-refractivity contribution in [2.75, 3.05) is 6.54 Å². The normalized spacial score (nSPS) is 14.2. The molecule has 1 aromatic carbocycles. The average Bonchev–Trinajstić information content (AvgIpc) is 3.13. The minimum atomic E-state index is -0.00347. The van der Waals surface area contributed by atoms with Crippen LogP contribution in [0.2, 0.25) is 0 Å². The molecule has 3 N–H and O–H groups in total. The fraction of sp³-hybridized carbons (Fsp3) is 0.429. The van der Waals surface area contributed by atoms with Crippen molar-refractivity contribution in [2.24, 2.45) is 5.73 Å². The lowest BCUT2D eigenvalue weighted by Crippen LogP contribution is -2.36. The van der Waals surface area contributed by atoms with E-state index >= 15 is 0 Å². The van der Waals surface area contributed by atoms with Crippen LogP contribution < -0.4 is 5.73 Å². The predicted molar refractivity (Wildman–Crippen MR) is 78.3 cm³/mol. The van der Waals surface area contributed by atoms with Gasteiger partial charge in [0.1, 0.15) is 5.75 Å². The number of thiocarbonyl (C=S) groups is 1. The standard InChI is InChI=1S/C14H18N2O2S/c1-9-8-11(17)4-5-12(9)14(18)16(10-2-3-10)7-6-13(15)19/h4-5,8,10,17H,2-3,6-7H2,1H3,(H2,15,19). The van der Waals surface area contributed by atoms with Gasteiger partial charge < -0.3 is 15.7 Å². The molecule has 19 heavy (non-hydrogen) atoms. The molecule has 0 heterocycles. The summed E-state index contributed by atoms with van der Waals surface area (Å²) < 4.78 is 0. The molecule has 0 aliphatic heterocycles. The molecule has 2 rings (SSSR count). The highest BCUT2D eigenvalue weighted by Crippen LogP contribution is 2.29. The summed E-state index contributed by atoms with van der Waals surface area (Å²) in [5.41, 5.74) is 6.93. The fourth-order valence-corrected chi connectivity index (χ4v) is 2.20. The smallest absolute Gasteiger partial charge is 0.254 e. The Balaban J connectivity index is 2.16. The first-order valence-electron chi connectivity index (χ1n) is 6.38. The van der Waals surface area contributed by atoms with Gasteiger partial charge in [0.2, 0.25) is 0 Å². The van der Waals surface area contributed by atoms with E-state index < -0.39 is 0 Å². The van der Waals surface area contributed by atoms with Crippen LogP contribution in [0.4, 0.5) is 0 Å². The lowest BCUT2D eigenvalue weighted by Gasteiger charge is -2.23. The number of hydrogen-bond acceptors (Lipinski definition) is 3. The third kappa shape index (κ3) is 3.44. The van der Waals surface area contributed by atoms with E-state index in [1.54, 1.807) is 18.2 Å². The fourth-order valence-electron chi connectivity index (χ4n) is 2.11. The third-order valence-corrected chi connectivity index (χ3v) is 3.49. The first-order valence-corrected chi connectivity index (χ1v) is 6.78. The zero-order valence-electron chi connectivity index (χ0n) is 10.9. The van der Waals surface area contributed by atoms with Gasteiger partial charge in [-0.2, -0.15) is 0 Å². The largest absolute Gasteiger partial charge is 0.508 e. The highest BCUT2D eigenvalue weighted by molar-refractivity contribution is 7.80. The monoisotopic (exact) mass is 278 g/mol. The van der Waals surface area contributed by atoms with Crippen molar-refractivity contribution in [3.8, 4) is 5.75 Å². The number of amides is 1. The van der Waals surface area contributed by atoms with Crippen LogP contribution in [0.3, 0.4) is 0 Å². The Morgan fingerprint density at radius 2 is 2.21 bits per heavy atom. The van der Waals surface area contributed by atoms with E-state index in [2.05, 4.69) is 0 Å². The van der Waals surface area contributed by atoms with Crippen molar-refractivity contribution in [1.29, 1.82) is 0 Å². The van der Waals surface area contributed by atoms with Gasteiger partial charge in [0.25, 0.3) is 5.91 Å². The van der Waals surface area contributed by atoms with Crippen LogP contribution in [0.15, 0.2) is 18.2 Å². The Labute approximate surface area is 118 Å². The molecule has 0 saturated heterocycles. The Morgan fingerprint density at radius 3 is 2.74 bits per heavy atom. The number of phenolic OH excluding ortho intramolecular Hbond substituents is 1. The molecular weight excluding hydrogens is 260 g/mol. The number of rotatable bonds is 5. The number of nitrogens with zero attached hydrogens (tertiary/aromatic N) is 1. The number of aryl methyl sites for hydroxylation is 1. The van der Waals surface area contributed by atoms with Gasteiger partial charge in [-0.15, -0.1) is 0 Å². The summed E-state index contributed by atoms with van der Waals surface area (Å²) in [4.78, 5) is 14.8. The third-order valence-electron chi connectivity index (χ3n) is 3.29. The average molecular weight is 278 g/mol. The van der Waals surface area contributed by atoms with Crippen LogP contribution in [0.1, 0.15) is 35.2 Å². The molecule has 0 aromatic heterocycles. The molecule has 4 nitrogen and oxygen atoms in total. The van der Waals surface area contributed by atoms with E-state index in [1.165, 1.54) is 0 Å². The molecule has 0 spiro atoms. The van der Waals surface area contributed by atoms with Crippen LogP contribution >= 0.6 is 12.2 Å². The highest BCUT2D eigenvalue weighted by Gasteiger charge is 2.33. The number of hydrogen-bond donors (Lipinski definition) is 2. The molecule has 5 heteroatoms. The Hall–Kier alpha value is -1.62. The minimum Gasteiger partial charge on any atom is -0.508 e. The predicted octanol–water partition coefficient (Wildman–Crippen LogP) is 1.98. The Bertz CT molecular complexity index is 512. The lowest BCUT2D eigenvalue weighted by molar-refractivity contribution is 0.0747. The maximum absolute atomic E-state index is 12.5. The summed E-state index contributed by atoms with van der Waals surface area (Å²) in [6.45, 7) is 2.39.